The van der Waals surface area contributed by atoms with Gasteiger partial charge in [0.2, 0.25) is 5.91 Å². The van der Waals surface area contributed by atoms with E-state index in [0.29, 0.717) is 32.1 Å². The van der Waals surface area contributed by atoms with Crippen LogP contribution in [0.25, 0.3) is 0 Å². The van der Waals surface area contributed by atoms with Crippen molar-refractivity contribution in [3.63, 3.8) is 0 Å². The molecule has 4 aliphatic rings. The summed E-state index contributed by atoms with van der Waals surface area (Å²) in [6, 6.07) is 0. The maximum atomic E-state index is 12.3. The van der Waals surface area contributed by atoms with Crippen LogP contribution in [0, 0.1) is 40.4 Å². The second-order valence-corrected chi connectivity index (χ2v) is 14.4. The van der Waals surface area contributed by atoms with Gasteiger partial charge >= 0.3 is 0 Å². The van der Waals surface area contributed by atoms with Crippen LogP contribution in [0.2, 0.25) is 0 Å². The van der Waals surface area contributed by atoms with Crippen molar-refractivity contribution in [2.75, 3.05) is 12.3 Å². The molecule has 1 amide bonds. The van der Waals surface area contributed by atoms with Gasteiger partial charge in [-0.05, 0) is 85.9 Å². The van der Waals surface area contributed by atoms with Gasteiger partial charge in [0.1, 0.15) is 0 Å². The second kappa shape index (κ2) is 9.75. The molecule has 0 aliphatic heterocycles. The molecule has 9 nitrogen and oxygen atoms in total. The maximum absolute atomic E-state index is 12.3. The SMILES string of the molecule is C[C@H](CCC(=O)NCCS(=O)(=O)O)[C@H]1CCC2(O)C3C(O)C[C@@H]4C[C@H](O)C[C@@H](O)[C@]4(C)C3CC[C@]12C. The van der Waals surface area contributed by atoms with E-state index in [1.54, 1.807) is 0 Å². The highest BCUT2D eigenvalue weighted by Crippen LogP contribution is 2.69. The number of hydrogen-bond acceptors (Lipinski definition) is 7. The second-order valence-electron chi connectivity index (χ2n) is 12.8. The number of rotatable bonds is 7. The predicted molar refractivity (Wildman–Crippen MR) is 133 cm³/mol. The number of hydrogen-bond donors (Lipinski definition) is 6. The summed E-state index contributed by atoms with van der Waals surface area (Å²) in [4.78, 5) is 12.2. The first-order valence-electron chi connectivity index (χ1n) is 13.6. The van der Waals surface area contributed by atoms with Crippen molar-refractivity contribution in [3.05, 3.63) is 0 Å². The highest BCUT2D eigenvalue weighted by Gasteiger charge is 2.70. The summed E-state index contributed by atoms with van der Waals surface area (Å²) in [5.74, 6) is -0.783. The summed E-state index contributed by atoms with van der Waals surface area (Å²) < 4.78 is 30.5. The lowest BCUT2D eigenvalue weighted by Gasteiger charge is -2.66. The summed E-state index contributed by atoms with van der Waals surface area (Å²) >= 11 is 0. The Morgan fingerprint density at radius 3 is 2.44 bits per heavy atom. The molecule has 0 aromatic carbocycles. The molecule has 4 unspecified atom stereocenters. The Morgan fingerprint density at radius 2 is 1.78 bits per heavy atom. The van der Waals surface area contributed by atoms with Crippen molar-refractivity contribution in [2.24, 2.45) is 40.4 Å². The van der Waals surface area contributed by atoms with Crippen molar-refractivity contribution in [2.45, 2.75) is 102 Å². The fourth-order valence-corrected chi connectivity index (χ4v) is 9.54. The fraction of sp³-hybridized carbons (Fsp3) is 0.962. The Hall–Kier alpha value is -0.780. The molecule has 4 saturated carbocycles. The molecule has 6 N–H and O–H groups in total. The highest BCUT2D eigenvalue weighted by molar-refractivity contribution is 7.85. The van der Waals surface area contributed by atoms with Crippen molar-refractivity contribution >= 4 is 16.0 Å². The van der Waals surface area contributed by atoms with Crippen LogP contribution in [0.1, 0.15) is 78.6 Å². The van der Waals surface area contributed by atoms with Gasteiger partial charge in [-0.3, -0.25) is 9.35 Å². The summed E-state index contributed by atoms with van der Waals surface area (Å²) in [5.41, 5.74) is -1.92. The maximum Gasteiger partial charge on any atom is 0.266 e. The van der Waals surface area contributed by atoms with Gasteiger partial charge < -0.3 is 25.7 Å². The first kappa shape index (κ1) is 28.2. The monoisotopic (exact) mass is 531 g/mol. The van der Waals surface area contributed by atoms with Crippen LogP contribution >= 0.6 is 0 Å². The van der Waals surface area contributed by atoms with Gasteiger partial charge in [-0.2, -0.15) is 8.42 Å². The van der Waals surface area contributed by atoms with Gasteiger partial charge in [0.15, 0.2) is 0 Å². The number of amides is 1. The van der Waals surface area contributed by atoms with Crippen LogP contribution in [0.3, 0.4) is 0 Å². The lowest BCUT2D eigenvalue weighted by molar-refractivity contribution is -0.262. The van der Waals surface area contributed by atoms with Gasteiger partial charge in [0, 0.05) is 18.9 Å². The van der Waals surface area contributed by atoms with Gasteiger partial charge in [-0.15, -0.1) is 0 Å². The van der Waals surface area contributed by atoms with E-state index in [1.807, 2.05) is 0 Å². The third kappa shape index (κ3) is 4.64. The molecule has 0 radical (unpaired) electrons. The van der Waals surface area contributed by atoms with Crippen molar-refractivity contribution in [1.82, 2.24) is 5.32 Å². The zero-order valence-electron chi connectivity index (χ0n) is 21.8. The minimum Gasteiger partial charge on any atom is -0.393 e. The predicted octanol–water partition coefficient (Wildman–Crippen LogP) is 1.48. The topological polar surface area (TPSA) is 164 Å². The van der Waals surface area contributed by atoms with Crippen molar-refractivity contribution in [3.8, 4) is 0 Å². The van der Waals surface area contributed by atoms with Gasteiger partial charge in [0.05, 0.1) is 29.7 Å². The lowest BCUT2D eigenvalue weighted by atomic mass is 9.41. The molecular formula is C26H45NO8S. The first-order chi connectivity index (χ1) is 16.6. The minimum absolute atomic E-state index is 0.0190. The molecule has 36 heavy (non-hydrogen) atoms. The smallest absolute Gasteiger partial charge is 0.266 e. The fourth-order valence-electron chi connectivity index (χ4n) is 9.18. The van der Waals surface area contributed by atoms with E-state index >= 15 is 0 Å². The van der Waals surface area contributed by atoms with Crippen LogP contribution < -0.4 is 5.32 Å². The van der Waals surface area contributed by atoms with Crippen LogP contribution in [0.15, 0.2) is 0 Å². The Morgan fingerprint density at radius 1 is 1.08 bits per heavy atom. The molecule has 0 bridgehead atoms. The normalized spacial score (nSPS) is 47.4. The third-order valence-electron chi connectivity index (χ3n) is 11.2. The van der Waals surface area contributed by atoms with E-state index in [9.17, 15) is 33.6 Å². The zero-order valence-corrected chi connectivity index (χ0v) is 22.6. The lowest BCUT2D eigenvalue weighted by Crippen LogP contribution is -2.68. The Balaban J connectivity index is 1.46. The molecule has 0 heterocycles. The first-order valence-corrected chi connectivity index (χ1v) is 15.2. The standard InChI is InChI=1S/C26H45NO8S/c1-15(4-5-22(31)27-10-11-36(33,34)35)18-7-9-26(32)23-19(6-8-24(18,26)2)25(3)16(13-20(23)29)12-17(28)14-21(25)30/h15-21,23,28-30,32H,4-14H2,1-3H3,(H,27,31)(H,33,34,35)/t15-,16+,17+,18-,19?,20?,21-,23?,24-,25+,26?/m1/s1. The molecule has 0 saturated heterocycles. The molecule has 11 atom stereocenters. The highest BCUT2D eigenvalue weighted by atomic mass is 32.2. The van der Waals surface area contributed by atoms with E-state index in [0.717, 1.165) is 19.3 Å². The quantitative estimate of drug-likeness (QED) is 0.269. The summed E-state index contributed by atoms with van der Waals surface area (Å²) in [6.07, 6.45) is 3.31. The van der Waals surface area contributed by atoms with Gasteiger partial charge in [0.25, 0.3) is 10.1 Å². The zero-order chi connectivity index (χ0) is 26.7. The van der Waals surface area contributed by atoms with E-state index in [1.165, 1.54) is 0 Å². The number of fused-ring (bicyclic) bond motifs is 5. The summed E-state index contributed by atoms with van der Waals surface area (Å²) in [7, 11) is -4.12. The third-order valence-corrected chi connectivity index (χ3v) is 11.9. The van der Waals surface area contributed by atoms with E-state index in [-0.39, 0.29) is 48.5 Å². The van der Waals surface area contributed by atoms with Crippen LogP contribution in [0.4, 0.5) is 0 Å². The Kier molecular flexibility index (Phi) is 7.65. The number of nitrogens with one attached hydrogen (secondary N) is 1. The van der Waals surface area contributed by atoms with Gasteiger partial charge in [-0.1, -0.05) is 20.8 Å². The number of aliphatic hydroxyl groups excluding tert-OH is 3. The van der Waals surface area contributed by atoms with Gasteiger partial charge in [-0.25, -0.2) is 0 Å². The summed E-state index contributed by atoms with van der Waals surface area (Å²) in [6.45, 7) is 6.20. The van der Waals surface area contributed by atoms with E-state index in [2.05, 4.69) is 26.1 Å². The largest absolute Gasteiger partial charge is 0.393 e. The molecule has 4 aliphatic carbocycles. The van der Waals surface area contributed by atoms with Crippen molar-refractivity contribution in [1.29, 1.82) is 0 Å². The molecular weight excluding hydrogens is 486 g/mol. The molecule has 0 spiro atoms. The van der Waals surface area contributed by atoms with E-state index < -0.39 is 50.6 Å². The average Bonchev–Trinajstić information content (AvgIpc) is 3.04. The summed E-state index contributed by atoms with van der Waals surface area (Å²) in [5, 5.41) is 47.6. The number of carbonyl (C=O) groups is 1. The number of aliphatic hydroxyl groups is 4. The van der Waals surface area contributed by atoms with Crippen LogP contribution in [-0.4, -0.2) is 75.5 Å². The van der Waals surface area contributed by atoms with Crippen molar-refractivity contribution < 1.29 is 38.2 Å². The molecule has 10 heteroatoms. The molecule has 0 aromatic heterocycles. The van der Waals surface area contributed by atoms with Crippen LogP contribution in [0.5, 0.6) is 0 Å². The number of carbonyl (C=O) groups excluding carboxylic acids is 1. The Labute approximate surface area is 214 Å². The molecule has 4 fully saturated rings. The average molecular weight is 532 g/mol. The minimum atomic E-state index is -4.12. The molecule has 4 rings (SSSR count). The van der Waals surface area contributed by atoms with Crippen LogP contribution in [-0.2, 0) is 14.9 Å². The Bertz CT molecular complexity index is 944. The molecule has 208 valence electrons. The van der Waals surface area contributed by atoms with E-state index in [4.69, 9.17) is 4.55 Å². The molecule has 0 aromatic rings.